The van der Waals surface area contributed by atoms with Crippen molar-refractivity contribution in [2.24, 2.45) is 0 Å². The van der Waals surface area contributed by atoms with Crippen LogP contribution in [0.3, 0.4) is 0 Å². The van der Waals surface area contributed by atoms with Gasteiger partial charge in [0.15, 0.2) is 0 Å². The molecule has 0 unspecified atom stereocenters. The van der Waals surface area contributed by atoms with Crippen LogP contribution in [-0.2, 0) is 19.4 Å². The van der Waals surface area contributed by atoms with Gasteiger partial charge in [0.1, 0.15) is 0 Å². The Kier molecular flexibility index (Phi) is 4.20. The third-order valence-corrected chi connectivity index (χ3v) is 5.46. The van der Waals surface area contributed by atoms with Crippen LogP contribution in [0.1, 0.15) is 40.0 Å². The smallest absolute Gasteiger partial charge is 0.257 e. The van der Waals surface area contributed by atoms with E-state index in [4.69, 9.17) is 0 Å². The van der Waals surface area contributed by atoms with Gasteiger partial charge >= 0.3 is 0 Å². The minimum Gasteiger partial charge on any atom is -0.358 e. The Balaban J connectivity index is 1.38. The summed E-state index contributed by atoms with van der Waals surface area (Å²) in [5.41, 5.74) is 6.18. The molecule has 0 atom stereocenters. The molecule has 2 aromatic heterocycles. The Morgan fingerprint density at radius 1 is 1.07 bits per heavy atom. The summed E-state index contributed by atoms with van der Waals surface area (Å²) in [7, 11) is 0. The number of hydrogen-bond donors (Lipinski definition) is 2. The minimum absolute atomic E-state index is 0.108. The Labute approximate surface area is 163 Å². The lowest BCUT2D eigenvalue weighted by Gasteiger charge is -2.10. The third-order valence-electron chi connectivity index (χ3n) is 5.46. The zero-order chi connectivity index (χ0) is 18.9. The van der Waals surface area contributed by atoms with Crippen molar-refractivity contribution in [1.29, 1.82) is 0 Å². The highest BCUT2D eigenvalue weighted by Crippen LogP contribution is 2.31. The molecule has 1 aliphatic carbocycles. The van der Waals surface area contributed by atoms with E-state index in [0.717, 1.165) is 18.4 Å². The standard InChI is InChI=1S/C23H22N4O/c28-23(25-17-13-24-27(15-17)14-16-7-2-1-3-8-16)20-11-6-10-19-18-9-4-5-12-21(18)26-22(19)20/h1-3,6-8,10-11,13,15,26H,4-5,9,12,14H2,(H,25,28). The van der Waals surface area contributed by atoms with E-state index >= 15 is 0 Å². The molecule has 140 valence electrons. The highest BCUT2D eigenvalue weighted by molar-refractivity contribution is 6.12. The third kappa shape index (κ3) is 3.09. The number of hydrogen-bond acceptors (Lipinski definition) is 2. The van der Waals surface area contributed by atoms with Crippen molar-refractivity contribution in [3.05, 3.63) is 83.3 Å². The van der Waals surface area contributed by atoms with Gasteiger partial charge in [-0.1, -0.05) is 42.5 Å². The number of anilines is 1. The minimum atomic E-state index is -0.108. The molecule has 5 rings (SSSR count). The van der Waals surface area contributed by atoms with Crippen molar-refractivity contribution in [3.63, 3.8) is 0 Å². The van der Waals surface area contributed by atoms with Gasteiger partial charge in [0.25, 0.3) is 5.91 Å². The van der Waals surface area contributed by atoms with Crippen LogP contribution in [0.5, 0.6) is 0 Å². The van der Waals surface area contributed by atoms with Gasteiger partial charge in [0.2, 0.25) is 0 Å². The Morgan fingerprint density at radius 2 is 1.93 bits per heavy atom. The SMILES string of the molecule is O=C(Nc1cnn(Cc2ccccc2)c1)c1cccc2c3c([nH]c12)CCCC3. The number of aromatic nitrogens is 3. The molecule has 5 heteroatoms. The first kappa shape index (κ1) is 16.8. The Hall–Kier alpha value is -3.34. The number of carbonyl (C=O) groups is 1. The molecule has 0 fully saturated rings. The summed E-state index contributed by atoms with van der Waals surface area (Å²) in [6, 6.07) is 16.1. The van der Waals surface area contributed by atoms with E-state index in [-0.39, 0.29) is 5.91 Å². The van der Waals surface area contributed by atoms with Crippen LogP contribution in [0.25, 0.3) is 10.9 Å². The first-order valence-electron chi connectivity index (χ1n) is 9.78. The number of H-pyrrole nitrogens is 1. The van der Waals surface area contributed by atoms with Crippen LogP contribution in [-0.4, -0.2) is 20.7 Å². The fourth-order valence-electron chi connectivity index (χ4n) is 4.10. The zero-order valence-corrected chi connectivity index (χ0v) is 15.6. The lowest BCUT2D eigenvalue weighted by molar-refractivity contribution is 0.102. The number of benzene rings is 2. The zero-order valence-electron chi connectivity index (χ0n) is 15.6. The van der Waals surface area contributed by atoms with Crippen LogP contribution in [0.15, 0.2) is 60.9 Å². The maximum Gasteiger partial charge on any atom is 0.257 e. The number of nitrogens with one attached hydrogen (secondary N) is 2. The molecule has 0 aliphatic heterocycles. The van der Waals surface area contributed by atoms with Gasteiger partial charge in [-0.05, 0) is 42.9 Å². The summed E-state index contributed by atoms with van der Waals surface area (Å²) in [6.07, 6.45) is 8.15. The highest BCUT2D eigenvalue weighted by atomic mass is 16.1. The predicted molar refractivity (Wildman–Crippen MR) is 111 cm³/mol. The summed E-state index contributed by atoms with van der Waals surface area (Å²) in [4.78, 5) is 16.4. The van der Waals surface area contributed by atoms with E-state index in [2.05, 4.69) is 33.6 Å². The average molecular weight is 370 g/mol. The van der Waals surface area contributed by atoms with Gasteiger partial charge in [-0.2, -0.15) is 5.10 Å². The molecule has 5 nitrogen and oxygen atoms in total. The number of fused-ring (bicyclic) bond motifs is 3. The van der Waals surface area contributed by atoms with Gasteiger partial charge in [-0.15, -0.1) is 0 Å². The van der Waals surface area contributed by atoms with Gasteiger partial charge in [0, 0.05) is 17.3 Å². The number of para-hydroxylation sites is 1. The lowest BCUT2D eigenvalue weighted by atomic mass is 9.95. The van der Waals surface area contributed by atoms with E-state index in [1.807, 2.05) is 41.2 Å². The highest BCUT2D eigenvalue weighted by Gasteiger charge is 2.19. The largest absolute Gasteiger partial charge is 0.358 e. The molecule has 0 bridgehead atoms. The second kappa shape index (κ2) is 7.00. The molecule has 2 heterocycles. The summed E-state index contributed by atoms with van der Waals surface area (Å²) >= 11 is 0. The van der Waals surface area contributed by atoms with Crippen LogP contribution in [0.4, 0.5) is 5.69 Å². The fraction of sp³-hybridized carbons (Fsp3) is 0.217. The van der Waals surface area contributed by atoms with Crippen molar-refractivity contribution < 1.29 is 4.79 Å². The van der Waals surface area contributed by atoms with Crippen molar-refractivity contribution in [2.75, 3.05) is 5.32 Å². The number of aromatic amines is 1. The van der Waals surface area contributed by atoms with Crippen molar-refractivity contribution >= 4 is 22.5 Å². The number of amides is 1. The summed E-state index contributed by atoms with van der Waals surface area (Å²) in [5, 5.41) is 8.54. The normalized spacial score (nSPS) is 13.4. The topological polar surface area (TPSA) is 62.7 Å². The molecule has 1 amide bonds. The molecular formula is C23H22N4O. The van der Waals surface area contributed by atoms with E-state index in [0.29, 0.717) is 17.8 Å². The molecule has 0 spiro atoms. The van der Waals surface area contributed by atoms with Crippen LogP contribution < -0.4 is 5.32 Å². The number of nitrogens with zero attached hydrogens (tertiary/aromatic N) is 2. The van der Waals surface area contributed by atoms with E-state index in [1.165, 1.54) is 35.0 Å². The monoisotopic (exact) mass is 370 g/mol. The van der Waals surface area contributed by atoms with E-state index < -0.39 is 0 Å². The molecule has 0 radical (unpaired) electrons. The van der Waals surface area contributed by atoms with Crippen molar-refractivity contribution in [1.82, 2.24) is 14.8 Å². The first-order valence-corrected chi connectivity index (χ1v) is 9.78. The number of rotatable bonds is 4. The molecular weight excluding hydrogens is 348 g/mol. The molecule has 1 aliphatic rings. The van der Waals surface area contributed by atoms with Gasteiger partial charge < -0.3 is 10.3 Å². The molecule has 0 saturated heterocycles. The maximum atomic E-state index is 12.9. The van der Waals surface area contributed by atoms with Gasteiger partial charge in [-0.3, -0.25) is 9.48 Å². The predicted octanol–water partition coefficient (Wildman–Crippen LogP) is 4.54. The van der Waals surface area contributed by atoms with Gasteiger partial charge in [0.05, 0.1) is 29.5 Å². The maximum absolute atomic E-state index is 12.9. The van der Waals surface area contributed by atoms with Crippen LogP contribution in [0, 0.1) is 0 Å². The average Bonchev–Trinajstić information content (AvgIpc) is 3.32. The molecule has 4 aromatic rings. The number of carbonyl (C=O) groups excluding carboxylic acids is 1. The second-order valence-electron chi connectivity index (χ2n) is 7.38. The first-order chi connectivity index (χ1) is 13.8. The summed E-state index contributed by atoms with van der Waals surface area (Å²) < 4.78 is 1.83. The molecule has 2 aromatic carbocycles. The van der Waals surface area contributed by atoms with Crippen LogP contribution >= 0.6 is 0 Å². The number of aryl methyl sites for hydroxylation is 2. The molecule has 2 N–H and O–H groups in total. The Morgan fingerprint density at radius 3 is 2.82 bits per heavy atom. The second-order valence-corrected chi connectivity index (χ2v) is 7.38. The van der Waals surface area contributed by atoms with Crippen LogP contribution in [0.2, 0.25) is 0 Å². The Bertz CT molecular complexity index is 1140. The van der Waals surface area contributed by atoms with Crippen molar-refractivity contribution in [2.45, 2.75) is 32.2 Å². The quantitative estimate of drug-likeness (QED) is 0.554. The fourth-order valence-corrected chi connectivity index (χ4v) is 4.10. The van der Waals surface area contributed by atoms with E-state index in [9.17, 15) is 4.79 Å². The van der Waals surface area contributed by atoms with Crippen molar-refractivity contribution in [3.8, 4) is 0 Å². The molecule has 0 saturated carbocycles. The summed E-state index contributed by atoms with van der Waals surface area (Å²) in [6.45, 7) is 0.676. The van der Waals surface area contributed by atoms with Gasteiger partial charge in [-0.25, -0.2) is 0 Å². The molecule has 28 heavy (non-hydrogen) atoms. The lowest BCUT2D eigenvalue weighted by Crippen LogP contribution is -2.12. The summed E-state index contributed by atoms with van der Waals surface area (Å²) in [5.74, 6) is -0.108. The van der Waals surface area contributed by atoms with E-state index in [1.54, 1.807) is 6.20 Å².